The Kier molecular flexibility index (Phi) is 5.51. The maximum Gasteiger partial charge on any atom is 0.416 e. The summed E-state index contributed by atoms with van der Waals surface area (Å²) in [6.45, 7) is 3.63. The van der Waals surface area contributed by atoms with Crippen molar-refractivity contribution < 1.29 is 18.0 Å². The first kappa shape index (κ1) is 20.0. The second kappa shape index (κ2) is 7.71. The lowest BCUT2D eigenvalue weighted by Gasteiger charge is -2.23. The molecule has 0 aliphatic heterocycles. The molecule has 0 radical (unpaired) electrons. The second-order valence-electron chi connectivity index (χ2n) is 6.65. The number of hydrogen-bond acceptors (Lipinski definition) is 3. The van der Waals surface area contributed by atoms with Gasteiger partial charge in [0.2, 0.25) is 11.9 Å². The van der Waals surface area contributed by atoms with E-state index in [1.807, 2.05) is 38.1 Å². The molecule has 3 aromatic rings. The molecule has 148 valence electrons. The number of nitrogens with one attached hydrogen (secondary N) is 3. The van der Waals surface area contributed by atoms with Gasteiger partial charge in [-0.3, -0.25) is 10.1 Å². The average Bonchev–Trinajstić information content (AvgIpc) is 3.01. The van der Waals surface area contributed by atoms with Crippen LogP contribution >= 0.6 is 11.6 Å². The summed E-state index contributed by atoms with van der Waals surface area (Å²) in [5.41, 5.74) is 0.874. The van der Waals surface area contributed by atoms with Gasteiger partial charge in [-0.2, -0.15) is 13.2 Å². The van der Waals surface area contributed by atoms with E-state index in [1.54, 1.807) is 0 Å². The second-order valence-corrected chi connectivity index (χ2v) is 7.06. The Bertz CT molecular complexity index is 967. The number of imidazole rings is 1. The molecule has 0 unspecified atom stereocenters. The molecule has 2 aromatic carbocycles. The predicted octanol–water partition coefficient (Wildman–Crippen LogP) is 5.31. The van der Waals surface area contributed by atoms with E-state index >= 15 is 0 Å². The van der Waals surface area contributed by atoms with Gasteiger partial charge in [0.05, 0.1) is 27.3 Å². The van der Waals surface area contributed by atoms with Crippen LogP contribution in [0.2, 0.25) is 5.02 Å². The highest BCUT2D eigenvalue weighted by Crippen LogP contribution is 2.34. The first-order valence-corrected chi connectivity index (χ1v) is 8.92. The number of amides is 1. The van der Waals surface area contributed by atoms with E-state index in [0.717, 1.165) is 17.6 Å². The number of carbonyl (C=O) groups excluding carboxylic acids is 1. The maximum absolute atomic E-state index is 12.8. The van der Waals surface area contributed by atoms with Crippen molar-refractivity contribution in [2.45, 2.75) is 26.1 Å². The van der Waals surface area contributed by atoms with Crippen molar-refractivity contribution in [3.05, 3.63) is 53.1 Å². The van der Waals surface area contributed by atoms with Crippen LogP contribution in [0.25, 0.3) is 11.0 Å². The number of nitrogens with zero attached hydrogens (tertiary/aromatic N) is 1. The fourth-order valence-corrected chi connectivity index (χ4v) is 2.95. The summed E-state index contributed by atoms with van der Waals surface area (Å²) in [5.74, 6) is -0.259. The molecule has 0 saturated heterocycles. The van der Waals surface area contributed by atoms with Crippen molar-refractivity contribution in [3.8, 4) is 0 Å². The zero-order valence-electron chi connectivity index (χ0n) is 15.1. The third kappa shape index (κ3) is 4.39. The third-order valence-corrected chi connectivity index (χ3v) is 4.50. The molecule has 3 rings (SSSR count). The van der Waals surface area contributed by atoms with Crippen molar-refractivity contribution in [1.82, 2.24) is 9.97 Å². The van der Waals surface area contributed by atoms with E-state index in [1.165, 1.54) is 6.07 Å². The smallest absolute Gasteiger partial charge is 0.372 e. The van der Waals surface area contributed by atoms with Gasteiger partial charge in [-0.1, -0.05) is 37.6 Å². The fraction of sp³-hybridized carbons (Fsp3) is 0.263. The molecule has 0 saturated carbocycles. The number of H-pyrrole nitrogens is 1. The summed E-state index contributed by atoms with van der Waals surface area (Å²) in [6.07, 6.45) is -4.49. The Labute approximate surface area is 164 Å². The van der Waals surface area contributed by atoms with Crippen molar-refractivity contribution in [2.24, 2.45) is 5.92 Å². The molecule has 9 heteroatoms. The molecule has 0 fully saturated rings. The number of carbonyl (C=O) groups is 1. The first-order valence-electron chi connectivity index (χ1n) is 8.54. The number of alkyl halides is 3. The lowest BCUT2D eigenvalue weighted by molar-refractivity contribution is -0.137. The normalized spacial score (nSPS) is 13.0. The van der Waals surface area contributed by atoms with E-state index in [-0.39, 0.29) is 28.5 Å². The fourth-order valence-electron chi connectivity index (χ4n) is 2.72. The van der Waals surface area contributed by atoms with Gasteiger partial charge < -0.3 is 10.3 Å². The van der Waals surface area contributed by atoms with Gasteiger partial charge in [0, 0.05) is 0 Å². The number of benzene rings is 2. The summed E-state index contributed by atoms with van der Waals surface area (Å²) in [7, 11) is 0. The molecular formula is C19H18ClF3N4O. The number of aromatic amines is 1. The van der Waals surface area contributed by atoms with Crippen LogP contribution in [0.1, 0.15) is 19.4 Å². The van der Waals surface area contributed by atoms with Crippen molar-refractivity contribution in [3.63, 3.8) is 0 Å². The van der Waals surface area contributed by atoms with Gasteiger partial charge in [-0.05, 0) is 36.2 Å². The lowest BCUT2D eigenvalue weighted by Crippen LogP contribution is -2.39. The molecule has 1 aromatic heterocycles. The number of rotatable bonds is 5. The number of hydrogen-bond donors (Lipinski definition) is 3. The molecule has 5 nitrogen and oxygen atoms in total. The van der Waals surface area contributed by atoms with Gasteiger partial charge in [0.25, 0.3) is 0 Å². The molecule has 0 aliphatic rings. The number of fused-ring (bicyclic) bond motifs is 1. The summed E-state index contributed by atoms with van der Waals surface area (Å²) in [6, 6.07) is 9.55. The average molecular weight is 411 g/mol. The zero-order valence-corrected chi connectivity index (χ0v) is 15.8. The van der Waals surface area contributed by atoms with Gasteiger partial charge >= 0.3 is 6.18 Å². The predicted molar refractivity (Wildman–Crippen MR) is 103 cm³/mol. The first-order chi connectivity index (χ1) is 13.1. The Morgan fingerprint density at radius 1 is 1.18 bits per heavy atom. The molecule has 28 heavy (non-hydrogen) atoms. The summed E-state index contributed by atoms with van der Waals surface area (Å²) >= 11 is 5.99. The quantitative estimate of drug-likeness (QED) is 0.533. The van der Waals surface area contributed by atoms with Crippen molar-refractivity contribution >= 4 is 40.2 Å². The van der Waals surface area contributed by atoms with Crippen LogP contribution in [-0.2, 0) is 11.0 Å². The zero-order chi connectivity index (χ0) is 20.5. The van der Waals surface area contributed by atoms with Crippen LogP contribution in [0.15, 0.2) is 42.5 Å². The van der Waals surface area contributed by atoms with Gasteiger partial charge in [0.15, 0.2) is 0 Å². The standard InChI is InChI=1S/C19H18ClF3N4O/c1-10(2)16(24-13-8-7-11(9-12(13)20)19(21,22)23)17(28)27-18-25-14-5-3-4-6-15(14)26-18/h3-10,16,24H,1-2H3,(H2,25,26,27,28)/t16-/m0/s1. The van der Waals surface area contributed by atoms with Gasteiger partial charge in [-0.15, -0.1) is 0 Å². The maximum atomic E-state index is 12.8. The van der Waals surface area contributed by atoms with Crippen molar-refractivity contribution in [1.29, 1.82) is 0 Å². The Hall–Kier alpha value is -2.74. The summed E-state index contributed by atoms with van der Waals surface area (Å²) in [5, 5.41) is 5.51. The molecule has 1 amide bonds. The monoisotopic (exact) mass is 410 g/mol. The van der Waals surface area contributed by atoms with E-state index in [0.29, 0.717) is 5.52 Å². The number of para-hydroxylation sites is 2. The topological polar surface area (TPSA) is 69.8 Å². The number of aromatic nitrogens is 2. The largest absolute Gasteiger partial charge is 0.416 e. The highest BCUT2D eigenvalue weighted by molar-refractivity contribution is 6.33. The van der Waals surface area contributed by atoms with Crippen LogP contribution in [0.4, 0.5) is 24.8 Å². The minimum atomic E-state index is -4.49. The highest BCUT2D eigenvalue weighted by Gasteiger charge is 2.31. The molecular weight excluding hydrogens is 393 g/mol. The SMILES string of the molecule is CC(C)[C@H](Nc1ccc(C(F)(F)F)cc1Cl)C(=O)Nc1nc2ccccc2[nH]1. The van der Waals surface area contributed by atoms with E-state index < -0.39 is 17.8 Å². The minimum Gasteiger partial charge on any atom is -0.372 e. The Balaban J connectivity index is 1.78. The summed E-state index contributed by atoms with van der Waals surface area (Å²) < 4.78 is 38.4. The van der Waals surface area contributed by atoms with Crippen LogP contribution < -0.4 is 10.6 Å². The van der Waals surface area contributed by atoms with Crippen LogP contribution in [0.3, 0.4) is 0 Å². The van der Waals surface area contributed by atoms with E-state index in [9.17, 15) is 18.0 Å². The number of halogens is 4. The molecule has 1 atom stereocenters. The molecule has 0 aliphatic carbocycles. The van der Waals surface area contributed by atoms with Crippen LogP contribution in [0, 0.1) is 5.92 Å². The number of anilines is 2. The van der Waals surface area contributed by atoms with Gasteiger partial charge in [0.1, 0.15) is 6.04 Å². The molecule has 0 bridgehead atoms. The van der Waals surface area contributed by atoms with Crippen molar-refractivity contribution in [2.75, 3.05) is 10.6 Å². The van der Waals surface area contributed by atoms with E-state index in [4.69, 9.17) is 11.6 Å². The highest BCUT2D eigenvalue weighted by atomic mass is 35.5. The van der Waals surface area contributed by atoms with Crippen LogP contribution in [-0.4, -0.2) is 21.9 Å². The summed E-state index contributed by atoms with van der Waals surface area (Å²) in [4.78, 5) is 20.0. The lowest BCUT2D eigenvalue weighted by atomic mass is 10.0. The molecule has 1 heterocycles. The molecule has 0 spiro atoms. The Morgan fingerprint density at radius 2 is 1.89 bits per heavy atom. The third-order valence-electron chi connectivity index (χ3n) is 4.19. The van der Waals surface area contributed by atoms with Crippen LogP contribution in [0.5, 0.6) is 0 Å². The minimum absolute atomic E-state index is 0.114. The van der Waals surface area contributed by atoms with E-state index in [2.05, 4.69) is 20.6 Å². The van der Waals surface area contributed by atoms with Gasteiger partial charge in [-0.25, -0.2) is 4.98 Å². The Morgan fingerprint density at radius 3 is 2.50 bits per heavy atom. The molecule has 3 N–H and O–H groups in total.